The second kappa shape index (κ2) is 6.40. The van der Waals surface area contributed by atoms with E-state index in [-0.39, 0.29) is 5.78 Å². The maximum Gasteiger partial charge on any atom is 0.159 e. The lowest BCUT2D eigenvalue weighted by molar-refractivity contribution is 0.101. The Bertz CT molecular complexity index is 357. The van der Waals surface area contributed by atoms with Crippen LogP contribution in [0.15, 0.2) is 24.3 Å². The van der Waals surface area contributed by atoms with E-state index in [1.165, 1.54) is 0 Å². The van der Waals surface area contributed by atoms with E-state index >= 15 is 0 Å². The van der Waals surface area contributed by atoms with Crippen LogP contribution in [0.1, 0.15) is 30.6 Å². The van der Waals surface area contributed by atoms with E-state index in [0.717, 1.165) is 17.7 Å². The molecule has 0 N–H and O–H groups in total. The number of ether oxygens (including phenoxy) is 1. The van der Waals surface area contributed by atoms with E-state index in [4.69, 9.17) is 4.74 Å². The van der Waals surface area contributed by atoms with Gasteiger partial charge in [-0.25, -0.2) is 0 Å². The summed E-state index contributed by atoms with van der Waals surface area (Å²) in [5.74, 6) is 0.902. The summed E-state index contributed by atoms with van der Waals surface area (Å²) in [4.78, 5) is 13.3. The van der Waals surface area contributed by atoms with Crippen molar-refractivity contribution in [1.29, 1.82) is 0 Å². The lowest BCUT2D eigenvalue weighted by atomic mass is 10.1. The summed E-state index contributed by atoms with van der Waals surface area (Å²) in [5.41, 5.74) is 0.721. The molecule has 0 aliphatic carbocycles. The van der Waals surface area contributed by atoms with Crippen LogP contribution in [0.5, 0.6) is 5.75 Å². The van der Waals surface area contributed by atoms with Gasteiger partial charge in [0, 0.05) is 11.6 Å². The van der Waals surface area contributed by atoms with Crippen molar-refractivity contribution in [2.45, 2.75) is 26.3 Å². The highest BCUT2D eigenvalue weighted by atomic mass is 16.5. The average Bonchev–Trinajstić information content (AvgIpc) is 2.29. The predicted octanol–water partition coefficient (Wildman–Crippen LogP) is 2.61. The van der Waals surface area contributed by atoms with Crippen molar-refractivity contribution in [3.05, 3.63) is 29.8 Å². The Morgan fingerprint density at radius 1 is 1.29 bits per heavy atom. The highest BCUT2D eigenvalue weighted by Gasteiger charge is 2.04. The number of carbonyl (C=O) groups is 1. The molecular weight excluding hydrogens is 214 g/mol. The molecular formula is C14H21NO2. The van der Waals surface area contributed by atoms with Gasteiger partial charge in [0.1, 0.15) is 5.75 Å². The van der Waals surface area contributed by atoms with Crippen LogP contribution in [0.4, 0.5) is 0 Å². The predicted molar refractivity (Wildman–Crippen MR) is 69.7 cm³/mol. The average molecular weight is 235 g/mol. The first-order chi connectivity index (χ1) is 8.00. The van der Waals surface area contributed by atoms with Crippen LogP contribution in [0.2, 0.25) is 0 Å². The third kappa shape index (κ3) is 4.57. The Morgan fingerprint density at radius 3 is 2.35 bits per heavy atom. The van der Waals surface area contributed by atoms with Gasteiger partial charge >= 0.3 is 0 Å². The Labute approximate surface area is 103 Å². The Balaban J connectivity index is 2.40. The van der Waals surface area contributed by atoms with Crippen LogP contribution < -0.4 is 4.74 Å². The fraction of sp³-hybridized carbons (Fsp3) is 0.500. The molecule has 17 heavy (non-hydrogen) atoms. The first-order valence-electron chi connectivity index (χ1n) is 5.91. The van der Waals surface area contributed by atoms with Gasteiger partial charge in [-0.05, 0) is 58.6 Å². The summed E-state index contributed by atoms with van der Waals surface area (Å²) in [5, 5.41) is 0. The van der Waals surface area contributed by atoms with Gasteiger partial charge in [0.2, 0.25) is 0 Å². The Hall–Kier alpha value is -1.35. The molecule has 0 fully saturated rings. The summed E-state index contributed by atoms with van der Waals surface area (Å²) in [7, 11) is 4.12. The fourth-order valence-corrected chi connectivity index (χ4v) is 1.39. The van der Waals surface area contributed by atoms with Gasteiger partial charge in [-0.3, -0.25) is 4.79 Å². The smallest absolute Gasteiger partial charge is 0.159 e. The van der Waals surface area contributed by atoms with Crippen LogP contribution >= 0.6 is 0 Å². The summed E-state index contributed by atoms with van der Waals surface area (Å²) in [6.45, 7) is 4.43. The molecule has 1 rings (SSSR count). The van der Waals surface area contributed by atoms with Crippen molar-refractivity contribution in [3.63, 3.8) is 0 Å². The maximum atomic E-state index is 11.1. The molecule has 0 aliphatic heterocycles. The third-order valence-corrected chi connectivity index (χ3v) is 2.95. The number of nitrogens with zero attached hydrogens (tertiary/aromatic N) is 1. The highest BCUT2D eigenvalue weighted by molar-refractivity contribution is 5.94. The molecule has 0 aliphatic rings. The molecule has 0 saturated carbocycles. The van der Waals surface area contributed by atoms with E-state index in [2.05, 4.69) is 25.9 Å². The number of Topliss-reactive ketones (excluding diaryl/α,β-unsaturated/α-hetero) is 1. The number of benzene rings is 1. The van der Waals surface area contributed by atoms with Crippen LogP contribution in [0, 0.1) is 0 Å². The number of rotatable bonds is 6. The van der Waals surface area contributed by atoms with Crippen LogP contribution in [0.3, 0.4) is 0 Å². The molecule has 1 unspecified atom stereocenters. The van der Waals surface area contributed by atoms with Crippen LogP contribution in [0.25, 0.3) is 0 Å². The van der Waals surface area contributed by atoms with Crippen molar-refractivity contribution < 1.29 is 9.53 Å². The Kier molecular flexibility index (Phi) is 5.16. The van der Waals surface area contributed by atoms with Crippen molar-refractivity contribution in [3.8, 4) is 5.75 Å². The van der Waals surface area contributed by atoms with Gasteiger partial charge in [-0.1, -0.05) is 0 Å². The SMILES string of the molecule is CC(=O)c1ccc(OCCC(C)N(C)C)cc1. The van der Waals surface area contributed by atoms with Gasteiger partial charge < -0.3 is 9.64 Å². The first kappa shape index (κ1) is 13.7. The topological polar surface area (TPSA) is 29.5 Å². The van der Waals surface area contributed by atoms with E-state index in [1.54, 1.807) is 19.1 Å². The standard InChI is InChI=1S/C14H21NO2/c1-11(15(3)4)9-10-17-14-7-5-13(6-8-14)12(2)16/h5-8,11H,9-10H2,1-4H3. The van der Waals surface area contributed by atoms with Crippen LogP contribution in [-0.2, 0) is 0 Å². The lowest BCUT2D eigenvalue weighted by Crippen LogP contribution is -2.26. The monoisotopic (exact) mass is 235 g/mol. The number of ketones is 1. The molecule has 1 aromatic rings. The van der Waals surface area contributed by atoms with Crippen molar-refractivity contribution in [2.75, 3.05) is 20.7 Å². The van der Waals surface area contributed by atoms with E-state index in [1.807, 2.05) is 12.1 Å². The van der Waals surface area contributed by atoms with Crippen molar-refractivity contribution in [1.82, 2.24) is 4.90 Å². The number of hydrogen-bond donors (Lipinski definition) is 0. The zero-order valence-corrected chi connectivity index (χ0v) is 11.1. The molecule has 0 saturated heterocycles. The van der Waals surface area contributed by atoms with E-state index < -0.39 is 0 Å². The third-order valence-electron chi connectivity index (χ3n) is 2.95. The molecule has 0 amide bonds. The van der Waals surface area contributed by atoms with Crippen molar-refractivity contribution in [2.24, 2.45) is 0 Å². The molecule has 0 heterocycles. The van der Waals surface area contributed by atoms with Gasteiger partial charge in [0.15, 0.2) is 5.78 Å². The minimum absolute atomic E-state index is 0.0813. The molecule has 1 aromatic carbocycles. The molecule has 3 heteroatoms. The summed E-state index contributed by atoms with van der Waals surface area (Å²) in [6.07, 6.45) is 0.988. The van der Waals surface area contributed by atoms with Gasteiger partial charge in [0.05, 0.1) is 6.61 Å². The largest absolute Gasteiger partial charge is 0.494 e. The van der Waals surface area contributed by atoms with Crippen LogP contribution in [-0.4, -0.2) is 37.4 Å². The van der Waals surface area contributed by atoms with Gasteiger partial charge in [0.25, 0.3) is 0 Å². The van der Waals surface area contributed by atoms with Crippen molar-refractivity contribution >= 4 is 5.78 Å². The minimum Gasteiger partial charge on any atom is -0.494 e. The summed E-state index contributed by atoms with van der Waals surface area (Å²) in [6, 6.07) is 7.79. The summed E-state index contributed by atoms with van der Waals surface area (Å²) < 4.78 is 5.62. The fourth-order valence-electron chi connectivity index (χ4n) is 1.39. The van der Waals surface area contributed by atoms with E-state index in [0.29, 0.717) is 12.6 Å². The maximum absolute atomic E-state index is 11.1. The molecule has 3 nitrogen and oxygen atoms in total. The lowest BCUT2D eigenvalue weighted by Gasteiger charge is -2.19. The summed E-state index contributed by atoms with van der Waals surface area (Å²) >= 11 is 0. The second-order valence-corrected chi connectivity index (χ2v) is 4.53. The normalized spacial score (nSPS) is 12.5. The number of hydrogen-bond acceptors (Lipinski definition) is 3. The quantitative estimate of drug-likeness (QED) is 0.710. The minimum atomic E-state index is 0.0813. The second-order valence-electron chi connectivity index (χ2n) is 4.53. The number of carbonyl (C=O) groups excluding carboxylic acids is 1. The Morgan fingerprint density at radius 2 is 1.88 bits per heavy atom. The molecule has 0 radical (unpaired) electrons. The van der Waals surface area contributed by atoms with Gasteiger partial charge in [-0.15, -0.1) is 0 Å². The molecule has 0 bridgehead atoms. The first-order valence-corrected chi connectivity index (χ1v) is 5.91. The molecule has 94 valence electrons. The molecule has 1 atom stereocenters. The zero-order chi connectivity index (χ0) is 12.8. The molecule has 0 aromatic heterocycles. The van der Waals surface area contributed by atoms with E-state index in [9.17, 15) is 4.79 Å². The highest BCUT2D eigenvalue weighted by Crippen LogP contribution is 2.13. The molecule has 0 spiro atoms. The zero-order valence-electron chi connectivity index (χ0n) is 11.1. The van der Waals surface area contributed by atoms with Gasteiger partial charge in [-0.2, -0.15) is 0 Å².